The van der Waals surface area contributed by atoms with Crippen molar-refractivity contribution < 1.29 is 14.7 Å². The number of amides is 1. The van der Waals surface area contributed by atoms with Crippen LogP contribution in [0.3, 0.4) is 0 Å². The number of hydrogen-bond donors (Lipinski definition) is 2. The zero-order chi connectivity index (χ0) is 12.4. The van der Waals surface area contributed by atoms with E-state index in [1.54, 1.807) is 18.2 Å². The van der Waals surface area contributed by atoms with Crippen LogP contribution in [0.1, 0.15) is 29.6 Å². The Labute approximate surface area is 113 Å². The van der Waals surface area contributed by atoms with E-state index in [0.717, 1.165) is 16.4 Å². The van der Waals surface area contributed by atoms with Gasteiger partial charge in [-0.15, -0.1) is 0 Å². The van der Waals surface area contributed by atoms with Gasteiger partial charge in [-0.05, 0) is 59.5 Å². The minimum atomic E-state index is -1.02. The highest BCUT2D eigenvalue weighted by atomic mass is 127. The first kappa shape index (κ1) is 12.3. The molecular weight excluding hydrogens is 333 g/mol. The highest BCUT2D eigenvalue weighted by molar-refractivity contribution is 14.1. The number of carbonyl (C=O) groups excluding carboxylic acids is 1. The predicted octanol–water partition coefficient (Wildman–Crippen LogP) is 2.73. The van der Waals surface area contributed by atoms with Crippen molar-refractivity contribution in [2.45, 2.75) is 19.3 Å². The van der Waals surface area contributed by atoms with E-state index in [9.17, 15) is 9.59 Å². The molecular formula is C12H12INO3. The second kappa shape index (κ2) is 5.03. The molecule has 0 bridgehead atoms. The lowest BCUT2D eigenvalue weighted by atomic mass is 10.1. The fourth-order valence-electron chi connectivity index (χ4n) is 1.59. The molecule has 90 valence electrons. The molecule has 1 saturated carbocycles. The van der Waals surface area contributed by atoms with Crippen LogP contribution in [-0.4, -0.2) is 17.0 Å². The molecule has 1 aliphatic carbocycles. The van der Waals surface area contributed by atoms with Gasteiger partial charge in [0.1, 0.15) is 0 Å². The van der Waals surface area contributed by atoms with E-state index in [0.29, 0.717) is 18.0 Å². The second-order valence-corrected chi connectivity index (χ2v) is 5.44. The molecule has 1 aromatic rings. The van der Waals surface area contributed by atoms with Gasteiger partial charge in [-0.2, -0.15) is 0 Å². The summed E-state index contributed by atoms with van der Waals surface area (Å²) in [7, 11) is 0. The van der Waals surface area contributed by atoms with Crippen LogP contribution in [0.5, 0.6) is 0 Å². The largest absolute Gasteiger partial charge is 0.478 e. The number of benzene rings is 1. The third-order valence-corrected chi connectivity index (χ3v) is 3.33. The predicted molar refractivity (Wildman–Crippen MR) is 72.1 cm³/mol. The Kier molecular flexibility index (Phi) is 3.66. The van der Waals surface area contributed by atoms with Gasteiger partial charge in [0.05, 0.1) is 11.3 Å². The number of carbonyl (C=O) groups is 2. The fraction of sp³-hybridized carbons (Fsp3) is 0.333. The number of anilines is 1. The molecule has 4 nitrogen and oxygen atoms in total. The Balaban J connectivity index is 2.13. The molecule has 0 spiro atoms. The summed E-state index contributed by atoms with van der Waals surface area (Å²) >= 11 is 2.04. The first-order valence-corrected chi connectivity index (χ1v) is 6.47. The van der Waals surface area contributed by atoms with Crippen LogP contribution in [0, 0.1) is 9.49 Å². The molecule has 2 rings (SSSR count). The maximum absolute atomic E-state index is 11.6. The Morgan fingerprint density at radius 1 is 1.41 bits per heavy atom. The lowest BCUT2D eigenvalue weighted by molar-refractivity contribution is -0.116. The molecule has 1 fully saturated rings. The Hall–Kier alpha value is -1.11. The quantitative estimate of drug-likeness (QED) is 0.825. The van der Waals surface area contributed by atoms with Crippen molar-refractivity contribution in [2.24, 2.45) is 5.92 Å². The molecule has 2 N–H and O–H groups in total. The standard InChI is InChI=1S/C12H12INO3/c13-8-3-4-10(9(6-8)12(16)17)14-11(15)5-7-1-2-7/h3-4,6-7H,1-2,5H2,(H,14,15)(H,16,17). The van der Waals surface area contributed by atoms with Crippen molar-refractivity contribution in [3.63, 3.8) is 0 Å². The first-order valence-electron chi connectivity index (χ1n) is 5.39. The smallest absolute Gasteiger partial charge is 0.337 e. The van der Waals surface area contributed by atoms with Crippen LogP contribution >= 0.6 is 22.6 Å². The zero-order valence-corrected chi connectivity index (χ0v) is 11.2. The number of rotatable bonds is 4. The van der Waals surface area contributed by atoms with E-state index in [1.165, 1.54) is 0 Å². The van der Waals surface area contributed by atoms with Crippen LogP contribution in [0.2, 0.25) is 0 Å². The highest BCUT2D eigenvalue weighted by Crippen LogP contribution is 2.32. The number of nitrogens with one attached hydrogen (secondary N) is 1. The lowest BCUT2D eigenvalue weighted by Crippen LogP contribution is -2.15. The summed E-state index contributed by atoms with van der Waals surface area (Å²) in [5.41, 5.74) is 0.518. The second-order valence-electron chi connectivity index (χ2n) is 4.19. The lowest BCUT2D eigenvalue weighted by Gasteiger charge is -2.08. The Bertz CT molecular complexity index is 469. The zero-order valence-electron chi connectivity index (χ0n) is 9.07. The van der Waals surface area contributed by atoms with Gasteiger partial charge < -0.3 is 10.4 Å². The molecule has 0 saturated heterocycles. The average Bonchev–Trinajstić information content (AvgIpc) is 3.04. The summed E-state index contributed by atoms with van der Waals surface area (Å²) in [5, 5.41) is 11.7. The van der Waals surface area contributed by atoms with E-state index >= 15 is 0 Å². The molecule has 1 aromatic carbocycles. The Morgan fingerprint density at radius 2 is 2.12 bits per heavy atom. The van der Waals surface area contributed by atoms with Crippen LogP contribution in [0.25, 0.3) is 0 Å². The molecule has 1 amide bonds. The van der Waals surface area contributed by atoms with Crippen LogP contribution < -0.4 is 5.32 Å². The van der Waals surface area contributed by atoms with Crippen molar-refractivity contribution >= 4 is 40.2 Å². The third-order valence-electron chi connectivity index (χ3n) is 2.66. The molecule has 0 radical (unpaired) electrons. The van der Waals surface area contributed by atoms with Crippen molar-refractivity contribution in [2.75, 3.05) is 5.32 Å². The van der Waals surface area contributed by atoms with Crippen molar-refractivity contribution in [1.29, 1.82) is 0 Å². The fourth-order valence-corrected chi connectivity index (χ4v) is 2.08. The minimum Gasteiger partial charge on any atom is -0.478 e. The van der Waals surface area contributed by atoms with E-state index < -0.39 is 5.97 Å². The number of hydrogen-bond acceptors (Lipinski definition) is 2. The maximum atomic E-state index is 11.6. The van der Waals surface area contributed by atoms with Gasteiger partial charge in [-0.3, -0.25) is 4.79 Å². The molecule has 0 aliphatic heterocycles. The number of carboxylic acids is 1. The van der Waals surface area contributed by atoms with Crippen LogP contribution in [0.15, 0.2) is 18.2 Å². The monoisotopic (exact) mass is 345 g/mol. The van der Waals surface area contributed by atoms with Crippen LogP contribution in [-0.2, 0) is 4.79 Å². The third kappa shape index (κ3) is 3.42. The molecule has 17 heavy (non-hydrogen) atoms. The molecule has 0 unspecified atom stereocenters. The minimum absolute atomic E-state index is 0.101. The summed E-state index contributed by atoms with van der Waals surface area (Å²) < 4.78 is 0.834. The number of halogens is 1. The summed E-state index contributed by atoms with van der Waals surface area (Å²) in [6.07, 6.45) is 2.70. The molecule has 0 atom stereocenters. The normalized spacial score (nSPS) is 14.4. The number of carboxylic acid groups (broad SMARTS) is 1. The summed E-state index contributed by atoms with van der Waals surface area (Å²) in [5.74, 6) is -0.631. The summed E-state index contributed by atoms with van der Waals surface area (Å²) in [6.45, 7) is 0. The van der Waals surface area contributed by atoms with Gasteiger partial charge in [0.2, 0.25) is 5.91 Å². The van der Waals surface area contributed by atoms with Gasteiger partial charge in [0.25, 0.3) is 0 Å². The number of aromatic carboxylic acids is 1. The van der Waals surface area contributed by atoms with Crippen LogP contribution in [0.4, 0.5) is 5.69 Å². The average molecular weight is 345 g/mol. The molecule has 1 aliphatic rings. The SMILES string of the molecule is O=C(CC1CC1)Nc1ccc(I)cc1C(=O)O. The highest BCUT2D eigenvalue weighted by Gasteiger charge is 2.25. The van der Waals surface area contributed by atoms with Gasteiger partial charge in [0.15, 0.2) is 0 Å². The van der Waals surface area contributed by atoms with Gasteiger partial charge in [0, 0.05) is 9.99 Å². The molecule has 0 heterocycles. The van der Waals surface area contributed by atoms with Crippen molar-refractivity contribution in [1.82, 2.24) is 0 Å². The maximum Gasteiger partial charge on any atom is 0.337 e. The van der Waals surface area contributed by atoms with E-state index in [-0.39, 0.29) is 11.5 Å². The van der Waals surface area contributed by atoms with Crippen molar-refractivity contribution in [3.8, 4) is 0 Å². The van der Waals surface area contributed by atoms with E-state index in [4.69, 9.17) is 5.11 Å². The van der Waals surface area contributed by atoms with E-state index in [1.807, 2.05) is 22.6 Å². The molecule has 0 aromatic heterocycles. The first-order chi connectivity index (χ1) is 8.06. The van der Waals surface area contributed by atoms with Gasteiger partial charge in [-0.1, -0.05) is 0 Å². The van der Waals surface area contributed by atoms with Gasteiger partial charge >= 0.3 is 5.97 Å². The van der Waals surface area contributed by atoms with Crippen molar-refractivity contribution in [3.05, 3.63) is 27.3 Å². The summed E-state index contributed by atoms with van der Waals surface area (Å²) in [6, 6.07) is 4.96. The summed E-state index contributed by atoms with van der Waals surface area (Å²) in [4.78, 5) is 22.7. The molecule has 5 heteroatoms. The van der Waals surface area contributed by atoms with Gasteiger partial charge in [-0.25, -0.2) is 4.79 Å². The Morgan fingerprint density at radius 3 is 2.71 bits per heavy atom. The van der Waals surface area contributed by atoms with E-state index in [2.05, 4.69) is 5.32 Å². The topological polar surface area (TPSA) is 66.4 Å².